The third-order valence-electron chi connectivity index (χ3n) is 3.15. The second kappa shape index (κ2) is 5.93. The molecule has 1 saturated heterocycles. The van der Waals surface area contributed by atoms with Gasteiger partial charge in [0.05, 0.1) is 12.3 Å². The first-order chi connectivity index (χ1) is 8.35. The monoisotopic (exact) mass is 236 g/mol. The Labute approximate surface area is 102 Å². The van der Waals surface area contributed by atoms with Crippen LogP contribution in [-0.4, -0.2) is 36.0 Å². The van der Waals surface area contributed by atoms with Crippen molar-refractivity contribution in [2.24, 2.45) is 5.73 Å². The van der Waals surface area contributed by atoms with Crippen molar-refractivity contribution >= 4 is 5.82 Å². The molecule has 0 aliphatic carbocycles. The molecule has 0 spiro atoms. The summed E-state index contributed by atoms with van der Waals surface area (Å²) in [6.45, 7) is 5.29. The molecule has 2 N–H and O–H groups in total. The SMILES string of the molecule is CCOC1CCN(c2nnccc2CN)CC1. The molecular weight excluding hydrogens is 216 g/mol. The lowest BCUT2D eigenvalue weighted by atomic mass is 10.1. The highest BCUT2D eigenvalue weighted by molar-refractivity contribution is 5.45. The van der Waals surface area contributed by atoms with Crippen molar-refractivity contribution in [3.63, 3.8) is 0 Å². The largest absolute Gasteiger partial charge is 0.378 e. The Morgan fingerprint density at radius 1 is 1.47 bits per heavy atom. The summed E-state index contributed by atoms with van der Waals surface area (Å²) in [6.07, 6.45) is 4.19. The van der Waals surface area contributed by atoms with Gasteiger partial charge in [-0.25, -0.2) is 0 Å². The first kappa shape index (κ1) is 12.3. The Morgan fingerprint density at radius 3 is 2.88 bits per heavy atom. The van der Waals surface area contributed by atoms with E-state index >= 15 is 0 Å². The summed E-state index contributed by atoms with van der Waals surface area (Å²) in [5, 5.41) is 8.14. The fourth-order valence-electron chi connectivity index (χ4n) is 2.25. The first-order valence-corrected chi connectivity index (χ1v) is 6.22. The Balaban J connectivity index is 2.00. The molecule has 1 aromatic heterocycles. The Bertz CT molecular complexity index is 350. The Hall–Kier alpha value is -1.20. The molecule has 17 heavy (non-hydrogen) atoms. The highest BCUT2D eigenvalue weighted by Crippen LogP contribution is 2.21. The molecular formula is C12H20N4O. The molecule has 1 aromatic rings. The van der Waals surface area contributed by atoms with Gasteiger partial charge in [0.2, 0.25) is 0 Å². The van der Waals surface area contributed by atoms with Gasteiger partial charge < -0.3 is 15.4 Å². The minimum Gasteiger partial charge on any atom is -0.378 e. The maximum absolute atomic E-state index is 5.71. The summed E-state index contributed by atoms with van der Waals surface area (Å²) in [6, 6.07) is 1.94. The van der Waals surface area contributed by atoms with Crippen LogP contribution in [-0.2, 0) is 11.3 Å². The van der Waals surface area contributed by atoms with E-state index in [4.69, 9.17) is 10.5 Å². The van der Waals surface area contributed by atoms with Crippen LogP contribution in [0, 0.1) is 0 Å². The van der Waals surface area contributed by atoms with Crippen LogP contribution >= 0.6 is 0 Å². The van der Waals surface area contributed by atoms with Gasteiger partial charge >= 0.3 is 0 Å². The van der Waals surface area contributed by atoms with Crippen LogP contribution in [0.2, 0.25) is 0 Å². The van der Waals surface area contributed by atoms with E-state index in [1.807, 2.05) is 13.0 Å². The molecule has 1 aliphatic rings. The van der Waals surface area contributed by atoms with Crippen LogP contribution in [0.1, 0.15) is 25.3 Å². The van der Waals surface area contributed by atoms with Gasteiger partial charge in [0.1, 0.15) is 0 Å². The zero-order chi connectivity index (χ0) is 12.1. The van der Waals surface area contributed by atoms with Crippen molar-refractivity contribution in [2.45, 2.75) is 32.4 Å². The Morgan fingerprint density at radius 2 is 2.24 bits per heavy atom. The third-order valence-corrected chi connectivity index (χ3v) is 3.15. The van der Waals surface area contributed by atoms with Gasteiger partial charge in [0, 0.05) is 31.8 Å². The molecule has 0 bridgehead atoms. The van der Waals surface area contributed by atoms with E-state index < -0.39 is 0 Å². The molecule has 5 nitrogen and oxygen atoms in total. The number of hydrogen-bond acceptors (Lipinski definition) is 5. The van der Waals surface area contributed by atoms with E-state index in [1.165, 1.54) is 0 Å². The predicted molar refractivity (Wildman–Crippen MR) is 66.8 cm³/mol. The van der Waals surface area contributed by atoms with Crippen LogP contribution in [0.4, 0.5) is 5.82 Å². The number of nitrogens with zero attached hydrogens (tertiary/aromatic N) is 3. The fourth-order valence-corrected chi connectivity index (χ4v) is 2.25. The summed E-state index contributed by atoms with van der Waals surface area (Å²) in [4.78, 5) is 2.25. The van der Waals surface area contributed by atoms with E-state index in [0.29, 0.717) is 12.6 Å². The van der Waals surface area contributed by atoms with Gasteiger partial charge in [-0.15, -0.1) is 5.10 Å². The molecule has 0 unspecified atom stereocenters. The summed E-state index contributed by atoms with van der Waals surface area (Å²) in [5.74, 6) is 0.935. The summed E-state index contributed by atoms with van der Waals surface area (Å²) < 4.78 is 5.64. The summed E-state index contributed by atoms with van der Waals surface area (Å²) in [7, 11) is 0. The van der Waals surface area contributed by atoms with Crippen LogP contribution in [0.25, 0.3) is 0 Å². The topological polar surface area (TPSA) is 64.3 Å². The maximum atomic E-state index is 5.71. The van der Waals surface area contributed by atoms with Gasteiger partial charge in [0.15, 0.2) is 5.82 Å². The second-order valence-corrected chi connectivity index (χ2v) is 4.23. The molecule has 0 saturated carbocycles. The molecule has 2 heterocycles. The molecule has 0 amide bonds. The highest BCUT2D eigenvalue weighted by atomic mass is 16.5. The third kappa shape index (κ3) is 2.92. The number of anilines is 1. The van der Waals surface area contributed by atoms with Crippen LogP contribution in [0.15, 0.2) is 12.3 Å². The number of aromatic nitrogens is 2. The van der Waals surface area contributed by atoms with Crippen molar-refractivity contribution in [2.75, 3.05) is 24.6 Å². The molecule has 5 heteroatoms. The average Bonchev–Trinajstić information content (AvgIpc) is 2.40. The van der Waals surface area contributed by atoms with E-state index in [1.54, 1.807) is 6.20 Å². The van der Waals surface area contributed by atoms with Crippen LogP contribution in [0.3, 0.4) is 0 Å². The lowest BCUT2D eigenvalue weighted by Crippen LogP contribution is -2.38. The Kier molecular flexibility index (Phi) is 4.28. The normalized spacial score (nSPS) is 17.4. The number of piperidine rings is 1. The van der Waals surface area contributed by atoms with Gasteiger partial charge in [-0.05, 0) is 25.8 Å². The molecule has 0 radical (unpaired) electrons. The van der Waals surface area contributed by atoms with Crippen molar-refractivity contribution in [1.82, 2.24) is 10.2 Å². The quantitative estimate of drug-likeness (QED) is 0.843. The highest BCUT2D eigenvalue weighted by Gasteiger charge is 2.21. The van der Waals surface area contributed by atoms with E-state index in [2.05, 4.69) is 15.1 Å². The van der Waals surface area contributed by atoms with Crippen molar-refractivity contribution in [3.8, 4) is 0 Å². The number of nitrogens with two attached hydrogens (primary N) is 1. The minimum absolute atomic E-state index is 0.397. The number of rotatable bonds is 4. The van der Waals surface area contributed by atoms with E-state index in [-0.39, 0.29) is 0 Å². The number of ether oxygens (including phenoxy) is 1. The lowest BCUT2D eigenvalue weighted by molar-refractivity contribution is 0.0458. The maximum Gasteiger partial charge on any atom is 0.155 e. The van der Waals surface area contributed by atoms with Crippen LogP contribution < -0.4 is 10.6 Å². The average molecular weight is 236 g/mol. The molecule has 94 valence electrons. The van der Waals surface area contributed by atoms with Gasteiger partial charge in [-0.1, -0.05) is 0 Å². The van der Waals surface area contributed by atoms with Gasteiger partial charge in [-0.3, -0.25) is 0 Å². The smallest absolute Gasteiger partial charge is 0.155 e. The van der Waals surface area contributed by atoms with E-state index in [9.17, 15) is 0 Å². The molecule has 0 aromatic carbocycles. The minimum atomic E-state index is 0.397. The number of hydrogen-bond donors (Lipinski definition) is 1. The summed E-state index contributed by atoms with van der Waals surface area (Å²) >= 11 is 0. The lowest BCUT2D eigenvalue weighted by Gasteiger charge is -2.33. The van der Waals surface area contributed by atoms with Gasteiger partial charge in [-0.2, -0.15) is 5.10 Å². The molecule has 0 atom stereocenters. The summed E-state index contributed by atoms with van der Waals surface area (Å²) in [5.41, 5.74) is 6.78. The first-order valence-electron chi connectivity index (χ1n) is 6.22. The van der Waals surface area contributed by atoms with Gasteiger partial charge in [0.25, 0.3) is 0 Å². The molecule has 1 fully saturated rings. The van der Waals surface area contributed by atoms with Crippen molar-refractivity contribution < 1.29 is 4.74 Å². The molecule has 1 aliphatic heterocycles. The zero-order valence-electron chi connectivity index (χ0n) is 10.3. The zero-order valence-corrected chi connectivity index (χ0v) is 10.3. The standard InChI is InChI=1S/C12H20N4O/c1-2-17-11-4-7-16(8-5-11)12-10(9-13)3-6-14-15-12/h3,6,11H,2,4-5,7-9,13H2,1H3. The second-order valence-electron chi connectivity index (χ2n) is 4.23. The molecule has 2 rings (SSSR count). The fraction of sp³-hybridized carbons (Fsp3) is 0.667. The predicted octanol–water partition coefficient (Wildman–Crippen LogP) is 0.941. The van der Waals surface area contributed by atoms with Crippen molar-refractivity contribution in [3.05, 3.63) is 17.8 Å². The van der Waals surface area contributed by atoms with Crippen LogP contribution in [0.5, 0.6) is 0 Å². The van der Waals surface area contributed by atoms with Crippen molar-refractivity contribution in [1.29, 1.82) is 0 Å². The van der Waals surface area contributed by atoms with E-state index in [0.717, 1.165) is 43.9 Å².